The second kappa shape index (κ2) is 6.68. The summed E-state index contributed by atoms with van der Waals surface area (Å²) in [5.41, 5.74) is 1.79. The molecule has 1 N–H and O–H groups in total. The Balaban J connectivity index is 2.00. The minimum Gasteiger partial charge on any atom is -0.493 e. The number of pyridine rings is 1. The van der Waals surface area contributed by atoms with Crippen LogP contribution in [-0.4, -0.2) is 16.7 Å². The summed E-state index contributed by atoms with van der Waals surface area (Å²) in [6.07, 6.45) is 1.97. The highest BCUT2D eigenvalue weighted by molar-refractivity contribution is 9.10. The van der Waals surface area contributed by atoms with Crippen LogP contribution in [0, 0.1) is 0 Å². The van der Waals surface area contributed by atoms with Crippen LogP contribution in [0.5, 0.6) is 5.75 Å². The molecule has 0 radical (unpaired) electrons. The number of aromatic nitrogens is 1. The van der Waals surface area contributed by atoms with E-state index in [-0.39, 0.29) is 0 Å². The van der Waals surface area contributed by atoms with Gasteiger partial charge in [0, 0.05) is 28.3 Å². The zero-order valence-corrected chi connectivity index (χ0v) is 12.3. The molecule has 3 nitrogen and oxygen atoms in total. The van der Waals surface area contributed by atoms with Crippen molar-refractivity contribution in [2.75, 3.05) is 6.61 Å². The van der Waals surface area contributed by atoms with Crippen molar-refractivity contribution in [2.24, 2.45) is 0 Å². The number of aliphatic hydroxyl groups is 1. The van der Waals surface area contributed by atoms with Gasteiger partial charge in [-0.3, -0.25) is 4.98 Å². The average molecular weight is 322 g/mol. The molecular weight excluding hydrogens is 306 g/mol. The predicted molar refractivity (Wildman–Crippen MR) is 78.2 cm³/mol. The van der Waals surface area contributed by atoms with Crippen LogP contribution in [-0.2, 0) is 6.42 Å². The predicted octanol–water partition coefficient (Wildman–Crippen LogP) is 3.52. The highest BCUT2D eigenvalue weighted by Crippen LogP contribution is 2.28. The number of aliphatic hydroxyl groups excluding tert-OH is 1. The highest BCUT2D eigenvalue weighted by atomic mass is 79.9. The van der Waals surface area contributed by atoms with Crippen LogP contribution in [0.25, 0.3) is 0 Å². The molecule has 0 amide bonds. The molecule has 2 rings (SSSR count). The summed E-state index contributed by atoms with van der Waals surface area (Å²) >= 11 is 3.39. The number of benzene rings is 1. The lowest BCUT2D eigenvalue weighted by molar-refractivity contribution is 0.191. The molecule has 0 aliphatic rings. The van der Waals surface area contributed by atoms with E-state index in [1.165, 1.54) is 0 Å². The fraction of sp³-hybridized carbons (Fsp3) is 0.267. The molecule has 4 heteroatoms. The van der Waals surface area contributed by atoms with Crippen LogP contribution in [0.3, 0.4) is 0 Å². The van der Waals surface area contributed by atoms with E-state index in [1.54, 1.807) is 13.1 Å². The van der Waals surface area contributed by atoms with Gasteiger partial charge in [-0.15, -0.1) is 0 Å². The summed E-state index contributed by atoms with van der Waals surface area (Å²) in [4.78, 5) is 4.24. The van der Waals surface area contributed by atoms with E-state index in [0.717, 1.165) is 22.2 Å². The van der Waals surface area contributed by atoms with Crippen LogP contribution in [0.4, 0.5) is 0 Å². The number of nitrogens with zero attached hydrogens (tertiary/aromatic N) is 1. The third-order valence-electron chi connectivity index (χ3n) is 2.76. The molecule has 1 heterocycles. The van der Waals surface area contributed by atoms with E-state index < -0.39 is 6.10 Å². The second-order valence-corrected chi connectivity index (χ2v) is 5.19. The zero-order chi connectivity index (χ0) is 13.7. The van der Waals surface area contributed by atoms with Gasteiger partial charge in [-0.2, -0.15) is 0 Å². The fourth-order valence-corrected chi connectivity index (χ4v) is 2.17. The van der Waals surface area contributed by atoms with Crippen molar-refractivity contribution in [1.29, 1.82) is 0 Å². The quantitative estimate of drug-likeness (QED) is 0.916. The molecule has 0 spiro atoms. The van der Waals surface area contributed by atoms with Crippen molar-refractivity contribution in [2.45, 2.75) is 19.4 Å². The van der Waals surface area contributed by atoms with E-state index >= 15 is 0 Å². The van der Waals surface area contributed by atoms with Gasteiger partial charge >= 0.3 is 0 Å². The smallest absolute Gasteiger partial charge is 0.125 e. The lowest BCUT2D eigenvalue weighted by atomic mass is 10.1. The molecule has 0 aliphatic heterocycles. The summed E-state index contributed by atoms with van der Waals surface area (Å²) in [7, 11) is 0. The van der Waals surface area contributed by atoms with Gasteiger partial charge in [-0.1, -0.05) is 22.0 Å². The summed E-state index contributed by atoms with van der Waals surface area (Å²) in [5.74, 6) is 0.717. The van der Waals surface area contributed by atoms with Gasteiger partial charge in [0.05, 0.1) is 12.7 Å². The van der Waals surface area contributed by atoms with Crippen molar-refractivity contribution in [3.8, 4) is 5.75 Å². The Hall–Kier alpha value is -1.39. The lowest BCUT2D eigenvalue weighted by Gasteiger charge is -2.13. The first-order valence-corrected chi connectivity index (χ1v) is 6.96. The van der Waals surface area contributed by atoms with Crippen molar-refractivity contribution < 1.29 is 9.84 Å². The van der Waals surface area contributed by atoms with E-state index in [0.29, 0.717) is 12.4 Å². The van der Waals surface area contributed by atoms with Crippen LogP contribution >= 0.6 is 15.9 Å². The van der Waals surface area contributed by atoms with Gasteiger partial charge in [0.15, 0.2) is 0 Å². The standard InChI is InChI=1S/C15H16BrNO2/c1-11(18)14-10-12(16)5-6-15(14)19-9-7-13-4-2-3-8-17-13/h2-6,8,10-11,18H,7,9H2,1H3/t11-/m1/s1. The molecule has 2 aromatic rings. The van der Waals surface area contributed by atoms with E-state index in [1.807, 2.05) is 36.4 Å². The lowest BCUT2D eigenvalue weighted by Crippen LogP contribution is -2.05. The Bertz CT molecular complexity index is 529. The van der Waals surface area contributed by atoms with Crippen LogP contribution in [0.1, 0.15) is 24.3 Å². The third-order valence-corrected chi connectivity index (χ3v) is 3.26. The summed E-state index contributed by atoms with van der Waals surface area (Å²) in [6.45, 7) is 2.27. The van der Waals surface area contributed by atoms with E-state index in [4.69, 9.17) is 4.74 Å². The molecule has 0 fully saturated rings. The van der Waals surface area contributed by atoms with Gasteiger partial charge in [-0.05, 0) is 37.3 Å². The molecule has 0 saturated heterocycles. The SMILES string of the molecule is C[C@@H](O)c1cc(Br)ccc1OCCc1ccccn1. The molecule has 0 saturated carbocycles. The van der Waals surface area contributed by atoms with Crippen LogP contribution in [0.15, 0.2) is 47.1 Å². The Labute approximate surface area is 121 Å². The third kappa shape index (κ3) is 4.04. The first kappa shape index (κ1) is 14.0. The van der Waals surface area contributed by atoms with Crippen molar-refractivity contribution in [3.63, 3.8) is 0 Å². The monoisotopic (exact) mass is 321 g/mol. The van der Waals surface area contributed by atoms with E-state index in [9.17, 15) is 5.11 Å². The molecular formula is C15H16BrNO2. The number of hydrogen-bond acceptors (Lipinski definition) is 3. The number of hydrogen-bond donors (Lipinski definition) is 1. The minimum atomic E-state index is -0.553. The van der Waals surface area contributed by atoms with Crippen molar-refractivity contribution in [3.05, 3.63) is 58.3 Å². The topological polar surface area (TPSA) is 42.4 Å². The van der Waals surface area contributed by atoms with E-state index in [2.05, 4.69) is 20.9 Å². The normalized spacial score (nSPS) is 12.2. The van der Waals surface area contributed by atoms with Crippen LogP contribution < -0.4 is 4.74 Å². The average Bonchev–Trinajstić information content (AvgIpc) is 2.41. The first-order valence-electron chi connectivity index (χ1n) is 6.17. The largest absolute Gasteiger partial charge is 0.493 e. The summed E-state index contributed by atoms with van der Waals surface area (Å²) in [6, 6.07) is 11.5. The molecule has 100 valence electrons. The maximum atomic E-state index is 9.73. The fourth-order valence-electron chi connectivity index (χ4n) is 1.79. The highest BCUT2D eigenvalue weighted by Gasteiger charge is 2.09. The molecule has 1 aromatic heterocycles. The Kier molecular flexibility index (Phi) is 4.93. The molecule has 19 heavy (non-hydrogen) atoms. The number of rotatable bonds is 5. The Morgan fingerprint density at radius 3 is 2.84 bits per heavy atom. The first-order chi connectivity index (χ1) is 9.16. The molecule has 0 bridgehead atoms. The second-order valence-electron chi connectivity index (χ2n) is 4.28. The molecule has 1 aromatic carbocycles. The van der Waals surface area contributed by atoms with Crippen molar-refractivity contribution in [1.82, 2.24) is 4.98 Å². The maximum absolute atomic E-state index is 9.73. The molecule has 0 aliphatic carbocycles. The maximum Gasteiger partial charge on any atom is 0.125 e. The number of halogens is 1. The minimum absolute atomic E-state index is 0.540. The van der Waals surface area contributed by atoms with Gasteiger partial charge in [-0.25, -0.2) is 0 Å². The van der Waals surface area contributed by atoms with Gasteiger partial charge < -0.3 is 9.84 Å². The Morgan fingerprint density at radius 2 is 2.16 bits per heavy atom. The van der Waals surface area contributed by atoms with Crippen LogP contribution in [0.2, 0.25) is 0 Å². The van der Waals surface area contributed by atoms with Gasteiger partial charge in [0.2, 0.25) is 0 Å². The van der Waals surface area contributed by atoms with Gasteiger partial charge in [0.25, 0.3) is 0 Å². The number of ether oxygens (including phenoxy) is 1. The van der Waals surface area contributed by atoms with Crippen molar-refractivity contribution >= 4 is 15.9 Å². The Morgan fingerprint density at radius 1 is 1.32 bits per heavy atom. The summed E-state index contributed by atoms with van der Waals surface area (Å²) < 4.78 is 6.67. The zero-order valence-electron chi connectivity index (χ0n) is 10.7. The molecule has 1 atom stereocenters. The molecule has 0 unspecified atom stereocenters. The van der Waals surface area contributed by atoms with Gasteiger partial charge in [0.1, 0.15) is 5.75 Å². The summed E-state index contributed by atoms with van der Waals surface area (Å²) in [5, 5.41) is 9.73.